The maximum atomic E-state index is 13.0. The molecule has 10 nitrogen and oxygen atoms in total. The van der Waals surface area contributed by atoms with Crippen molar-refractivity contribution in [1.82, 2.24) is 34.1 Å². The Labute approximate surface area is 172 Å². The van der Waals surface area contributed by atoms with Crippen LogP contribution in [-0.2, 0) is 19.2 Å². The third-order valence-corrected chi connectivity index (χ3v) is 4.51. The minimum Gasteiger partial charge on any atom is -0.384 e. The zero-order valence-corrected chi connectivity index (χ0v) is 16.9. The topological polar surface area (TPSA) is 116 Å². The molecule has 0 fully saturated rings. The third-order valence-electron chi connectivity index (χ3n) is 4.51. The summed E-state index contributed by atoms with van der Waals surface area (Å²) in [5.41, 5.74) is -0.538. The summed E-state index contributed by atoms with van der Waals surface area (Å²) in [4.78, 5) is 26.3. The molecule has 0 bridgehead atoms. The second-order valence-corrected chi connectivity index (χ2v) is 7.36. The van der Waals surface area contributed by atoms with Crippen LogP contribution >= 0.6 is 0 Å². The van der Waals surface area contributed by atoms with Crippen molar-refractivity contribution in [2.24, 2.45) is 7.05 Å². The van der Waals surface area contributed by atoms with Gasteiger partial charge in [-0.3, -0.25) is 9.48 Å². The van der Waals surface area contributed by atoms with Gasteiger partial charge in [0.05, 0.1) is 12.2 Å². The van der Waals surface area contributed by atoms with Gasteiger partial charge in [-0.05, 0) is 26.0 Å². The zero-order chi connectivity index (χ0) is 21.5. The van der Waals surface area contributed by atoms with Gasteiger partial charge in [-0.25, -0.2) is 19.3 Å². The molecule has 0 aliphatic rings. The lowest BCUT2D eigenvalue weighted by Gasteiger charge is -2.18. The third kappa shape index (κ3) is 3.48. The van der Waals surface area contributed by atoms with Crippen molar-refractivity contribution in [3.8, 4) is 5.82 Å². The molecule has 4 rings (SSSR count). The Kier molecular flexibility index (Phi) is 4.70. The number of aromatic nitrogens is 7. The number of rotatable bonds is 6. The minimum absolute atomic E-state index is 0.257. The van der Waals surface area contributed by atoms with Gasteiger partial charge in [-0.2, -0.15) is 10.1 Å². The molecule has 0 radical (unpaired) electrons. The first kappa shape index (κ1) is 19.5. The van der Waals surface area contributed by atoms with E-state index < -0.39 is 5.60 Å². The van der Waals surface area contributed by atoms with Gasteiger partial charge in [0.1, 0.15) is 11.0 Å². The Morgan fingerprint density at radius 2 is 2.07 bits per heavy atom. The number of hydrogen-bond donors (Lipinski definition) is 2. The number of aliphatic hydroxyl groups is 1. The molecule has 0 aliphatic heterocycles. The summed E-state index contributed by atoms with van der Waals surface area (Å²) in [5, 5.41) is 18.0. The Morgan fingerprint density at radius 1 is 1.27 bits per heavy atom. The highest BCUT2D eigenvalue weighted by Gasteiger charge is 2.21. The van der Waals surface area contributed by atoms with Crippen LogP contribution in [0.3, 0.4) is 0 Å². The largest absolute Gasteiger partial charge is 0.384 e. The normalized spacial score (nSPS) is 11.7. The van der Waals surface area contributed by atoms with Crippen molar-refractivity contribution in [3.63, 3.8) is 0 Å². The van der Waals surface area contributed by atoms with Crippen molar-refractivity contribution in [3.05, 3.63) is 65.4 Å². The molecule has 2 N–H and O–H groups in total. The number of anilines is 2. The molecule has 0 amide bonds. The molecule has 0 spiro atoms. The first-order valence-corrected chi connectivity index (χ1v) is 9.34. The first-order valence-electron chi connectivity index (χ1n) is 9.34. The highest BCUT2D eigenvalue weighted by molar-refractivity contribution is 5.76. The van der Waals surface area contributed by atoms with E-state index in [1.54, 1.807) is 59.7 Å². The molecular formula is C20H22N8O2. The van der Waals surface area contributed by atoms with E-state index in [0.29, 0.717) is 34.3 Å². The van der Waals surface area contributed by atoms with Gasteiger partial charge < -0.3 is 10.4 Å². The van der Waals surface area contributed by atoms with E-state index >= 15 is 0 Å². The molecule has 0 aliphatic carbocycles. The van der Waals surface area contributed by atoms with Crippen LogP contribution in [0.25, 0.3) is 16.9 Å². The van der Waals surface area contributed by atoms with Crippen LogP contribution in [0, 0.1) is 0 Å². The summed E-state index contributed by atoms with van der Waals surface area (Å²) < 4.78 is 4.75. The summed E-state index contributed by atoms with van der Waals surface area (Å²) in [6.45, 7) is 7.31. The Morgan fingerprint density at radius 3 is 2.73 bits per heavy atom. The van der Waals surface area contributed by atoms with Gasteiger partial charge in [0, 0.05) is 25.5 Å². The average Bonchev–Trinajstić information content (AvgIpc) is 3.22. The lowest BCUT2D eigenvalue weighted by molar-refractivity contribution is 0.0738. The zero-order valence-electron chi connectivity index (χ0n) is 16.9. The van der Waals surface area contributed by atoms with Crippen LogP contribution < -0.4 is 10.9 Å². The molecular weight excluding hydrogens is 384 g/mol. The molecule has 0 atom stereocenters. The van der Waals surface area contributed by atoms with Gasteiger partial charge in [0.25, 0.3) is 5.56 Å². The van der Waals surface area contributed by atoms with Crippen molar-refractivity contribution < 1.29 is 5.11 Å². The molecule has 4 aromatic heterocycles. The summed E-state index contributed by atoms with van der Waals surface area (Å²) in [6, 6.07) is 7.05. The van der Waals surface area contributed by atoms with Crippen LogP contribution in [-0.4, -0.2) is 39.2 Å². The van der Waals surface area contributed by atoms with Gasteiger partial charge in [0.15, 0.2) is 17.3 Å². The molecule has 0 saturated carbocycles. The molecule has 0 aromatic carbocycles. The smallest absolute Gasteiger partial charge is 0.278 e. The molecule has 4 heterocycles. The lowest BCUT2D eigenvalue weighted by Crippen LogP contribution is -2.23. The maximum absolute atomic E-state index is 13.0. The molecule has 0 unspecified atom stereocenters. The van der Waals surface area contributed by atoms with Gasteiger partial charge >= 0.3 is 0 Å². The molecule has 154 valence electrons. The van der Waals surface area contributed by atoms with E-state index in [1.165, 1.54) is 10.9 Å². The predicted octanol–water partition coefficient (Wildman–Crippen LogP) is 1.87. The fraction of sp³-hybridized carbons (Fsp3) is 0.250. The fourth-order valence-corrected chi connectivity index (χ4v) is 3.09. The number of nitrogens with one attached hydrogen (secondary N) is 1. The van der Waals surface area contributed by atoms with Crippen molar-refractivity contribution in [2.75, 3.05) is 5.32 Å². The van der Waals surface area contributed by atoms with Gasteiger partial charge in [0.2, 0.25) is 5.95 Å². The van der Waals surface area contributed by atoms with E-state index in [9.17, 15) is 9.90 Å². The van der Waals surface area contributed by atoms with E-state index in [-0.39, 0.29) is 12.1 Å². The van der Waals surface area contributed by atoms with Crippen LogP contribution in [0.2, 0.25) is 0 Å². The quantitative estimate of drug-likeness (QED) is 0.470. The Hall–Kier alpha value is -3.79. The summed E-state index contributed by atoms with van der Waals surface area (Å²) in [5.74, 6) is 1.33. The molecule has 0 saturated heterocycles. The van der Waals surface area contributed by atoms with E-state index in [4.69, 9.17) is 0 Å². The van der Waals surface area contributed by atoms with Crippen molar-refractivity contribution in [2.45, 2.75) is 26.0 Å². The Balaban J connectivity index is 1.92. The number of nitrogens with zero attached hydrogens (tertiary/aromatic N) is 7. The maximum Gasteiger partial charge on any atom is 0.278 e. The summed E-state index contributed by atoms with van der Waals surface area (Å²) >= 11 is 0. The monoisotopic (exact) mass is 406 g/mol. The second kappa shape index (κ2) is 7.23. The van der Waals surface area contributed by atoms with E-state index in [2.05, 4.69) is 31.9 Å². The van der Waals surface area contributed by atoms with Crippen LogP contribution in [0.4, 0.5) is 11.8 Å². The molecule has 30 heavy (non-hydrogen) atoms. The van der Waals surface area contributed by atoms with Crippen LogP contribution in [0.5, 0.6) is 0 Å². The number of aryl methyl sites for hydroxylation is 1. The van der Waals surface area contributed by atoms with Crippen LogP contribution in [0.1, 0.15) is 19.5 Å². The second-order valence-electron chi connectivity index (χ2n) is 7.36. The van der Waals surface area contributed by atoms with Crippen molar-refractivity contribution in [1.29, 1.82) is 0 Å². The lowest BCUT2D eigenvalue weighted by atomic mass is 10.1. The van der Waals surface area contributed by atoms with E-state index in [1.807, 2.05) is 7.05 Å². The number of allylic oxidation sites excluding steroid dienone is 1. The van der Waals surface area contributed by atoms with E-state index in [0.717, 1.165) is 0 Å². The number of hydrogen-bond acceptors (Lipinski definition) is 7. The molecule has 4 aromatic rings. The van der Waals surface area contributed by atoms with Gasteiger partial charge in [-0.15, -0.1) is 6.58 Å². The predicted molar refractivity (Wildman–Crippen MR) is 113 cm³/mol. The average molecular weight is 406 g/mol. The van der Waals surface area contributed by atoms with Crippen LogP contribution in [0.15, 0.2) is 54.1 Å². The summed E-state index contributed by atoms with van der Waals surface area (Å²) in [6.07, 6.45) is 4.90. The van der Waals surface area contributed by atoms with Crippen molar-refractivity contribution >= 4 is 22.8 Å². The SMILES string of the molecule is C=CCn1c(=O)c2cnc(Nc3ccn(C)n3)nc2n1-c1cccc(C(C)(C)O)n1. The number of fused-ring (bicyclic) bond motifs is 1. The number of pyridine rings is 1. The highest BCUT2D eigenvalue weighted by atomic mass is 16.3. The van der Waals surface area contributed by atoms with Gasteiger partial charge in [-0.1, -0.05) is 12.1 Å². The highest BCUT2D eigenvalue weighted by Crippen LogP contribution is 2.21. The fourth-order valence-electron chi connectivity index (χ4n) is 3.09. The molecule has 10 heteroatoms. The Bertz CT molecular complexity index is 1290. The standard InChI is InChI=1S/C20H22N8O2/c1-5-10-27-18(29)13-12-21-19(23-15-9-11-26(4)25-15)24-17(13)28(27)16-8-6-7-14(22-16)20(2,3)30/h5-9,11-12,30H,1,10H2,2-4H3,(H,21,23,24,25). The first-order chi connectivity index (χ1) is 14.3. The summed E-state index contributed by atoms with van der Waals surface area (Å²) in [7, 11) is 1.81. The minimum atomic E-state index is -1.14.